The van der Waals surface area contributed by atoms with Gasteiger partial charge in [0.1, 0.15) is 18.3 Å². The van der Waals surface area contributed by atoms with E-state index < -0.39 is 18.3 Å². The summed E-state index contributed by atoms with van der Waals surface area (Å²) in [7, 11) is 0. The van der Waals surface area contributed by atoms with Crippen LogP contribution in [0.5, 0.6) is 0 Å². The van der Waals surface area contributed by atoms with E-state index in [0.717, 1.165) is 0 Å². The minimum Gasteiger partial charge on any atom is -0.412 e. The average molecular weight is 312 g/mol. The molecular weight excluding hydrogens is 284 g/mol. The van der Waals surface area contributed by atoms with E-state index in [1.165, 1.54) is 0 Å². The van der Waals surface area contributed by atoms with Crippen molar-refractivity contribution in [2.45, 2.75) is 18.3 Å². The minimum atomic E-state index is -0.954. The van der Waals surface area contributed by atoms with Gasteiger partial charge in [-0.25, -0.2) is 0 Å². The summed E-state index contributed by atoms with van der Waals surface area (Å²) in [6.45, 7) is -1.53. The predicted octanol–water partition coefficient (Wildman–Crippen LogP) is -6.43. The van der Waals surface area contributed by atoms with E-state index in [2.05, 4.69) is 0 Å². The molecule has 0 aromatic rings. The van der Waals surface area contributed by atoms with Crippen LogP contribution in [0.3, 0.4) is 0 Å². The molecule has 0 amide bonds. The van der Waals surface area contributed by atoms with Crippen LogP contribution in [-0.4, -0.2) is 110 Å². The van der Waals surface area contributed by atoms with Crippen LogP contribution >= 0.6 is 0 Å². The van der Waals surface area contributed by atoms with Crippen molar-refractivity contribution in [1.82, 2.24) is 0 Å². The SMILES string of the molecule is O.O.O.OCC(O)CO.OCC(O)COCC(O)CO. The molecule has 0 bridgehead atoms. The molecule has 0 fully saturated rings. The van der Waals surface area contributed by atoms with Gasteiger partial charge in [-0.1, -0.05) is 0 Å². The van der Waals surface area contributed by atoms with Crippen LogP contribution in [0.1, 0.15) is 0 Å². The molecule has 0 aliphatic rings. The van der Waals surface area contributed by atoms with Gasteiger partial charge in [-0.3, -0.25) is 0 Å². The van der Waals surface area contributed by atoms with Crippen molar-refractivity contribution in [3.8, 4) is 0 Å². The van der Waals surface area contributed by atoms with Gasteiger partial charge >= 0.3 is 0 Å². The molecule has 0 aromatic carbocycles. The smallest absolute Gasteiger partial charge is 0.100 e. The molecule has 11 heteroatoms. The van der Waals surface area contributed by atoms with Crippen LogP contribution in [0.25, 0.3) is 0 Å². The van der Waals surface area contributed by atoms with Gasteiger partial charge < -0.3 is 56.9 Å². The molecule has 0 spiro atoms. The van der Waals surface area contributed by atoms with Crippen LogP contribution < -0.4 is 0 Å². The molecule has 130 valence electrons. The molecule has 0 saturated heterocycles. The van der Waals surface area contributed by atoms with Crippen LogP contribution in [-0.2, 0) is 4.74 Å². The van der Waals surface area contributed by atoms with Crippen molar-refractivity contribution in [2.75, 3.05) is 39.6 Å². The first-order chi connectivity index (χ1) is 8.01. The second kappa shape index (κ2) is 23.6. The highest BCUT2D eigenvalue weighted by atomic mass is 16.5. The highest BCUT2D eigenvalue weighted by Gasteiger charge is 2.04. The lowest BCUT2D eigenvalue weighted by molar-refractivity contribution is -0.0364. The van der Waals surface area contributed by atoms with Crippen LogP contribution in [0, 0.1) is 0 Å². The first-order valence-electron chi connectivity index (χ1n) is 5.07. The normalized spacial score (nSPS) is 12.0. The number of aliphatic hydroxyl groups excluding tert-OH is 7. The van der Waals surface area contributed by atoms with E-state index in [1.54, 1.807) is 0 Å². The summed E-state index contributed by atoms with van der Waals surface area (Å²) in [5.41, 5.74) is 0. The van der Waals surface area contributed by atoms with E-state index in [-0.39, 0.29) is 56.1 Å². The lowest BCUT2D eigenvalue weighted by atomic mass is 10.4. The van der Waals surface area contributed by atoms with Gasteiger partial charge in [-0.15, -0.1) is 0 Å². The molecule has 0 rings (SSSR count). The Labute approximate surface area is 116 Å². The third-order valence-electron chi connectivity index (χ3n) is 1.46. The third-order valence-corrected chi connectivity index (χ3v) is 1.46. The average Bonchev–Trinajstić information content (AvgIpc) is 2.37. The van der Waals surface area contributed by atoms with Crippen molar-refractivity contribution >= 4 is 0 Å². The second-order valence-electron chi connectivity index (χ2n) is 3.23. The van der Waals surface area contributed by atoms with Crippen molar-refractivity contribution in [3.05, 3.63) is 0 Å². The molecule has 0 radical (unpaired) electrons. The fraction of sp³-hybridized carbons (Fsp3) is 1.00. The van der Waals surface area contributed by atoms with E-state index in [9.17, 15) is 0 Å². The quantitative estimate of drug-likeness (QED) is 0.226. The van der Waals surface area contributed by atoms with Crippen LogP contribution in [0.15, 0.2) is 0 Å². The molecule has 0 aliphatic heterocycles. The van der Waals surface area contributed by atoms with Gasteiger partial charge in [0.2, 0.25) is 0 Å². The monoisotopic (exact) mass is 312 g/mol. The van der Waals surface area contributed by atoms with Crippen molar-refractivity contribution in [2.24, 2.45) is 0 Å². The zero-order chi connectivity index (χ0) is 13.7. The van der Waals surface area contributed by atoms with Gasteiger partial charge in [0.05, 0.1) is 39.6 Å². The van der Waals surface area contributed by atoms with E-state index in [1.807, 2.05) is 0 Å². The zero-order valence-electron chi connectivity index (χ0n) is 11.0. The van der Waals surface area contributed by atoms with E-state index in [4.69, 9.17) is 40.5 Å². The van der Waals surface area contributed by atoms with E-state index >= 15 is 0 Å². The maximum absolute atomic E-state index is 8.72. The van der Waals surface area contributed by atoms with Gasteiger partial charge in [0, 0.05) is 0 Å². The first kappa shape index (κ1) is 31.8. The van der Waals surface area contributed by atoms with Gasteiger partial charge in [0.15, 0.2) is 0 Å². The molecule has 2 atom stereocenters. The van der Waals surface area contributed by atoms with Gasteiger partial charge in [-0.2, -0.15) is 0 Å². The Hall–Kier alpha value is -0.440. The van der Waals surface area contributed by atoms with Crippen LogP contribution in [0.4, 0.5) is 0 Å². The highest BCUT2D eigenvalue weighted by Crippen LogP contribution is 1.87. The lowest BCUT2D eigenvalue weighted by Gasteiger charge is -2.10. The third kappa shape index (κ3) is 26.2. The fourth-order valence-electron chi connectivity index (χ4n) is 0.503. The topological polar surface area (TPSA) is 245 Å². The van der Waals surface area contributed by atoms with Crippen LogP contribution in [0.2, 0.25) is 0 Å². The number of hydrogen-bond donors (Lipinski definition) is 7. The Morgan fingerprint density at radius 2 is 0.800 bits per heavy atom. The largest absolute Gasteiger partial charge is 0.412 e. The number of ether oxygens (including phenoxy) is 1. The summed E-state index contributed by atoms with van der Waals surface area (Å²) in [5.74, 6) is 0. The molecule has 20 heavy (non-hydrogen) atoms. The van der Waals surface area contributed by atoms with Crippen molar-refractivity contribution < 1.29 is 56.9 Å². The predicted molar refractivity (Wildman–Crippen MR) is 68.0 cm³/mol. The summed E-state index contributed by atoms with van der Waals surface area (Å²) in [4.78, 5) is 0. The fourth-order valence-corrected chi connectivity index (χ4v) is 0.503. The Balaban J connectivity index is -0.0000000734. The molecule has 2 unspecified atom stereocenters. The first-order valence-corrected chi connectivity index (χ1v) is 5.07. The van der Waals surface area contributed by atoms with Crippen molar-refractivity contribution in [3.63, 3.8) is 0 Å². The second-order valence-corrected chi connectivity index (χ2v) is 3.23. The zero-order valence-corrected chi connectivity index (χ0v) is 11.0. The lowest BCUT2D eigenvalue weighted by Crippen LogP contribution is -2.25. The molecule has 11 nitrogen and oxygen atoms in total. The summed E-state index contributed by atoms with van der Waals surface area (Å²) < 4.78 is 4.72. The molecule has 0 aliphatic carbocycles. The van der Waals surface area contributed by atoms with Crippen molar-refractivity contribution in [1.29, 1.82) is 0 Å². The van der Waals surface area contributed by atoms with E-state index in [0.29, 0.717) is 0 Å². The van der Waals surface area contributed by atoms with Gasteiger partial charge in [0.25, 0.3) is 0 Å². The maximum atomic E-state index is 8.72. The Kier molecular flexibility index (Phi) is 37.6. The molecular formula is C9H28O11. The summed E-state index contributed by atoms with van der Waals surface area (Å²) in [6.07, 6.45) is -2.79. The molecule has 0 heterocycles. The Bertz CT molecular complexity index is 134. The summed E-state index contributed by atoms with van der Waals surface area (Å²) in [6, 6.07) is 0. The molecule has 13 N–H and O–H groups in total. The van der Waals surface area contributed by atoms with Gasteiger partial charge in [-0.05, 0) is 0 Å². The summed E-state index contributed by atoms with van der Waals surface area (Å²) >= 11 is 0. The Morgan fingerprint density at radius 3 is 0.950 bits per heavy atom. The number of aliphatic hydroxyl groups is 7. The Morgan fingerprint density at radius 1 is 0.550 bits per heavy atom. The summed E-state index contributed by atoms with van der Waals surface area (Å²) in [5, 5.41) is 58.1. The molecule has 0 saturated carbocycles. The highest BCUT2D eigenvalue weighted by molar-refractivity contribution is 4.52. The minimum absolute atomic E-state index is 0. The maximum Gasteiger partial charge on any atom is 0.100 e. The number of rotatable bonds is 8. The standard InChI is InChI=1S/C6H14O5.C3H8O3.3H2O/c7-1-5(9)3-11-4-6(10)2-8;4-1-3(6)2-5;;;/h5-10H,1-4H2;3-6H,1-2H2;3*1H2. The number of hydrogen-bond acceptors (Lipinski definition) is 8. The molecule has 0 aromatic heterocycles.